The van der Waals surface area contributed by atoms with Gasteiger partial charge in [0.2, 0.25) is 0 Å². The van der Waals surface area contributed by atoms with Gasteiger partial charge in [-0.05, 0) is 26.0 Å². The summed E-state index contributed by atoms with van der Waals surface area (Å²) in [7, 11) is 0. The van der Waals surface area contributed by atoms with E-state index in [4.69, 9.17) is 21.4 Å². The minimum Gasteiger partial charge on any atom is -0.479 e. The molecule has 1 unspecified atom stereocenters. The number of ether oxygens (including phenoxy) is 1. The normalized spacial score (nSPS) is 12.2. The summed E-state index contributed by atoms with van der Waals surface area (Å²) in [5, 5.41) is 8.78. The number of carboxylic acid groups (broad SMARTS) is 1. The Hall–Kier alpha value is -1.29. The SMILES string of the molecule is Cc1ccc(OC(C)C(=O)O)c(Cl)n1. The maximum absolute atomic E-state index is 10.5. The molecule has 0 saturated heterocycles. The first-order chi connectivity index (χ1) is 6.50. The van der Waals surface area contributed by atoms with Gasteiger partial charge in [0.1, 0.15) is 0 Å². The summed E-state index contributed by atoms with van der Waals surface area (Å²) in [6.45, 7) is 3.22. The van der Waals surface area contributed by atoms with Crippen LogP contribution in [0.3, 0.4) is 0 Å². The summed E-state index contributed by atoms with van der Waals surface area (Å²) in [5.74, 6) is -0.756. The van der Waals surface area contributed by atoms with Crippen LogP contribution >= 0.6 is 11.6 Å². The van der Waals surface area contributed by atoms with Gasteiger partial charge in [0.15, 0.2) is 17.0 Å². The van der Waals surface area contributed by atoms with Gasteiger partial charge >= 0.3 is 5.97 Å². The lowest BCUT2D eigenvalue weighted by molar-refractivity contribution is -0.144. The molecule has 1 rings (SSSR count). The molecule has 14 heavy (non-hydrogen) atoms. The number of carboxylic acids is 1. The standard InChI is InChI=1S/C9H10ClNO3/c1-5-3-4-7(8(10)11-5)14-6(2)9(12)13/h3-4,6H,1-2H3,(H,12,13). The summed E-state index contributed by atoms with van der Waals surface area (Å²) in [4.78, 5) is 14.4. The first-order valence-electron chi connectivity index (χ1n) is 4.03. The van der Waals surface area contributed by atoms with Crippen LogP contribution < -0.4 is 4.74 Å². The van der Waals surface area contributed by atoms with Gasteiger partial charge in [0, 0.05) is 5.69 Å². The summed E-state index contributed by atoms with van der Waals surface area (Å²) >= 11 is 5.75. The van der Waals surface area contributed by atoms with E-state index >= 15 is 0 Å². The van der Waals surface area contributed by atoms with Crippen LogP contribution in [-0.4, -0.2) is 22.2 Å². The Morgan fingerprint density at radius 3 is 2.79 bits per heavy atom. The molecule has 0 radical (unpaired) electrons. The van der Waals surface area contributed by atoms with Crippen LogP contribution in [0.25, 0.3) is 0 Å². The molecule has 1 aromatic rings. The number of carbonyl (C=O) groups is 1. The van der Waals surface area contributed by atoms with E-state index in [0.717, 1.165) is 5.69 Å². The van der Waals surface area contributed by atoms with E-state index in [1.165, 1.54) is 6.92 Å². The van der Waals surface area contributed by atoms with Crippen molar-refractivity contribution in [3.63, 3.8) is 0 Å². The molecule has 4 nitrogen and oxygen atoms in total. The van der Waals surface area contributed by atoms with E-state index in [9.17, 15) is 4.79 Å². The van der Waals surface area contributed by atoms with E-state index in [1.54, 1.807) is 19.1 Å². The van der Waals surface area contributed by atoms with Crippen LogP contribution in [0.5, 0.6) is 5.75 Å². The van der Waals surface area contributed by atoms with Crippen molar-refractivity contribution in [2.45, 2.75) is 20.0 Å². The number of aliphatic carboxylic acids is 1. The van der Waals surface area contributed by atoms with E-state index in [-0.39, 0.29) is 10.9 Å². The van der Waals surface area contributed by atoms with Crippen LogP contribution in [0.4, 0.5) is 0 Å². The van der Waals surface area contributed by atoms with Gasteiger partial charge in [-0.25, -0.2) is 9.78 Å². The molecule has 0 spiro atoms. The number of pyridine rings is 1. The number of aromatic nitrogens is 1. The van der Waals surface area contributed by atoms with Gasteiger partial charge in [-0.15, -0.1) is 0 Å². The van der Waals surface area contributed by atoms with Gasteiger partial charge in [-0.1, -0.05) is 11.6 Å². The molecule has 76 valence electrons. The second-order valence-corrected chi connectivity index (χ2v) is 3.20. The van der Waals surface area contributed by atoms with Crippen molar-refractivity contribution in [1.29, 1.82) is 0 Å². The molecule has 0 aliphatic heterocycles. The molecule has 1 heterocycles. The zero-order chi connectivity index (χ0) is 10.7. The maximum Gasteiger partial charge on any atom is 0.344 e. The third-order valence-electron chi connectivity index (χ3n) is 1.61. The van der Waals surface area contributed by atoms with E-state index in [0.29, 0.717) is 0 Å². The number of hydrogen-bond acceptors (Lipinski definition) is 3. The summed E-state index contributed by atoms with van der Waals surface area (Å²) in [6, 6.07) is 3.31. The Morgan fingerprint density at radius 1 is 1.64 bits per heavy atom. The Kier molecular flexibility index (Phi) is 3.30. The minimum atomic E-state index is -1.04. The molecule has 0 fully saturated rings. The lowest BCUT2D eigenvalue weighted by Crippen LogP contribution is -2.23. The van der Waals surface area contributed by atoms with Crippen molar-refractivity contribution in [3.05, 3.63) is 23.0 Å². The number of nitrogens with zero attached hydrogens (tertiary/aromatic N) is 1. The highest BCUT2D eigenvalue weighted by Crippen LogP contribution is 2.22. The number of rotatable bonds is 3. The molecule has 1 atom stereocenters. The Morgan fingerprint density at radius 2 is 2.29 bits per heavy atom. The molecule has 0 saturated carbocycles. The average Bonchev–Trinajstić information content (AvgIpc) is 2.09. The van der Waals surface area contributed by atoms with E-state index in [1.807, 2.05) is 0 Å². The van der Waals surface area contributed by atoms with Crippen LogP contribution in [0, 0.1) is 6.92 Å². The molecule has 1 N–H and O–H groups in total. The van der Waals surface area contributed by atoms with E-state index in [2.05, 4.69) is 4.98 Å². The zero-order valence-corrected chi connectivity index (χ0v) is 8.58. The topological polar surface area (TPSA) is 59.4 Å². The van der Waals surface area contributed by atoms with E-state index < -0.39 is 12.1 Å². The van der Waals surface area contributed by atoms with Crippen molar-refractivity contribution in [2.24, 2.45) is 0 Å². The molecule has 0 bridgehead atoms. The molecule has 1 aromatic heterocycles. The van der Waals surface area contributed by atoms with Crippen molar-refractivity contribution in [3.8, 4) is 5.75 Å². The Labute approximate surface area is 86.5 Å². The Bertz CT molecular complexity index is 354. The van der Waals surface area contributed by atoms with Gasteiger partial charge in [-0.2, -0.15) is 0 Å². The first-order valence-corrected chi connectivity index (χ1v) is 4.41. The fourth-order valence-corrected chi connectivity index (χ4v) is 1.08. The summed E-state index contributed by atoms with van der Waals surface area (Å²) in [5.41, 5.74) is 0.755. The average molecular weight is 216 g/mol. The summed E-state index contributed by atoms with van der Waals surface area (Å²) < 4.78 is 5.07. The van der Waals surface area contributed by atoms with Crippen molar-refractivity contribution < 1.29 is 14.6 Å². The highest BCUT2D eigenvalue weighted by Gasteiger charge is 2.14. The summed E-state index contributed by atoms with van der Waals surface area (Å²) in [6.07, 6.45) is -0.933. The predicted molar refractivity (Wildman–Crippen MR) is 51.7 cm³/mol. The fraction of sp³-hybridized carbons (Fsp3) is 0.333. The maximum atomic E-state index is 10.5. The molecule has 0 aromatic carbocycles. The minimum absolute atomic E-state index is 0.179. The number of hydrogen-bond donors (Lipinski definition) is 1. The molecule has 5 heteroatoms. The van der Waals surface area contributed by atoms with Crippen molar-refractivity contribution >= 4 is 17.6 Å². The van der Waals surface area contributed by atoms with Gasteiger partial charge in [0.05, 0.1) is 0 Å². The molecule has 0 amide bonds. The third kappa shape index (κ3) is 2.60. The monoisotopic (exact) mass is 215 g/mol. The quantitative estimate of drug-likeness (QED) is 0.783. The van der Waals surface area contributed by atoms with Crippen molar-refractivity contribution in [1.82, 2.24) is 4.98 Å². The van der Waals surface area contributed by atoms with Crippen LogP contribution in [0.2, 0.25) is 5.15 Å². The third-order valence-corrected chi connectivity index (χ3v) is 1.88. The number of halogens is 1. The van der Waals surface area contributed by atoms with Gasteiger partial charge < -0.3 is 9.84 Å². The second kappa shape index (κ2) is 4.28. The molecule has 0 aliphatic rings. The fourth-order valence-electron chi connectivity index (χ4n) is 0.841. The predicted octanol–water partition coefficient (Wildman–Crippen LogP) is 1.90. The van der Waals surface area contributed by atoms with Gasteiger partial charge in [-0.3, -0.25) is 0 Å². The lowest BCUT2D eigenvalue weighted by Gasteiger charge is -2.11. The molecule has 0 aliphatic carbocycles. The Balaban J connectivity index is 2.82. The highest BCUT2D eigenvalue weighted by molar-refractivity contribution is 6.30. The smallest absolute Gasteiger partial charge is 0.344 e. The lowest BCUT2D eigenvalue weighted by atomic mass is 10.3. The first kappa shape index (κ1) is 10.8. The van der Waals surface area contributed by atoms with Crippen molar-refractivity contribution in [2.75, 3.05) is 0 Å². The molecular weight excluding hydrogens is 206 g/mol. The van der Waals surface area contributed by atoms with Crippen LogP contribution in [0.15, 0.2) is 12.1 Å². The zero-order valence-electron chi connectivity index (χ0n) is 7.82. The largest absolute Gasteiger partial charge is 0.479 e. The molecular formula is C9H10ClNO3. The number of aryl methyl sites for hydroxylation is 1. The highest BCUT2D eigenvalue weighted by atomic mass is 35.5. The van der Waals surface area contributed by atoms with Crippen LogP contribution in [-0.2, 0) is 4.79 Å². The second-order valence-electron chi connectivity index (χ2n) is 2.84. The van der Waals surface area contributed by atoms with Gasteiger partial charge in [0.25, 0.3) is 0 Å². The van der Waals surface area contributed by atoms with Crippen LogP contribution in [0.1, 0.15) is 12.6 Å².